The largest absolute Gasteiger partial charge is 0.483 e. The molecule has 3 aromatic carbocycles. The number of halogens is 2. The first-order chi connectivity index (χ1) is 15.1. The van der Waals surface area contributed by atoms with Crippen molar-refractivity contribution in [3.63, 3.8) is 0 Å². The van der Waals surface area contributed by atoms with Crippen LogP contribution in [-0.4, -0.2) is 26.7 Å². The smallest absolute Gasteiger partial charge is 0.262 e. The zero-order valence-electron chi connectivity index (χ0n) is 16.8. The molecule has 10 heteroatoms. The summed E-state index contributed by atoms with van der Waals surface area (Å²) in [4.78, 5) is 25.3. The van der Waals surface area contributed by atoms with Crippen molar-refractivity contribution in [1.29, 1.82) is 0 Å². The van der Waals surface area contributed by atoms with Crippen LogP contribution in [-0.2, 0) is 14.8 Å². The van der Waals surface area contributed by atoms with Gasteiger partial charge in [-0.05, 0) is 61.0 Å². The van der Waals surface area contributed by atoms with E-state index < -0.39 is 15.9 Å². The number of sulfonamides is 1. The highest BCUT2D eigenvalue weighted by Crippen LogP contribution is 2.28. The van der Waals surface area contributed by atoms with Crippen molar-refractivity contribution in [3.8, 4) is 5.75 Å². The first-order valence-corrected chi connectivity index (χ1v) is 11.9. The van der Waals surface area contributed by atoms with E-state index in [0.717, 1.165) is 0 Å². The van der Waals surface area contributed by atoms with Gasteiger partial charge in [-0.1, -0.05) is 39.7 Å². The Kier molecular flexibility index (Phi) is 7.35. The summed E-state index contributed by atoms with van der Waals surface area (Å²) in [5.74, 6) is -0.609. The summed E-state index contributed by atoms with van der Waals surface area (Å²) >= 11 is 9.43. The number of ether oxygens (including phenoxy) is 1. The molecule has 0 aliphatic rings. The fourth-order valence-electron chi connectivity index (χ4n) is 2.88. The Morgan fingerprint density at radius 1 is 1.06 bits per heavy atom. The summed E-state index contributed by atoms with van der Waals surface area (Å²) in [5.41, 5.74) is 1.56. The molecule has 0 unspecified atom stereocenters. The molecule has 0 saturated carbocycles. The molecule has 0 aromatic heterocycles. The van der Waals surface area contributed by atoms with Crippen molar-refractivity contribution < 1.29 is 22.7 Å². The highest BCUT2D eigenvalue weighted by atomic mass is 79.9. The van der Waals surface area contributed by atoms with E-state index in [1.54, 1.807) is 37.3 Å². The second-order valence-electron chi connectivity index (χ2n) is 6.81. The van der Waals surface area contributed by atoms with Crippen LogP contribution in [0.3, 0.4) is 0 Å². The van der Waals surface area contributed by atoms with Crippen LogP contribution in [0.15, 0.2) is 70.0 Å². The second kappa shape index (κ2) is 9.83. The fourth-order valence-corrected chi connectivity index (χ4v) is 4.11. The number of primary sulfonamides is 1. The molecular weight excluding hydrogens is 520 g/mol. The Labute approximate surface area is 198 Å². The lowest BCUT2D eigenvalue weighted by molar-refractivity contribution is -0.118. The van der Waals surface area contributed by atoms with Gasteiger partial charge in [0, 0.05) is 20.7 Å². The highest BCUT2D eigenvalue weighted by Gasteiger charge is 2.19. The van der Waals surface area contributed by atoms with Gasteiger partial charge in [-0.15, -0.1) is 0 Å². The maximum Gasteiger partial charge on any atom is 0.262 e. The average Bonchev–Trinajstić information content (AvgIpc) is 2.73. The van der Waals surface area contributed by atoms with E-state index in [0.29, 0.717) is 26.3 Å². The molecule has 3 rings (SSSR count). The number of carbonyl (C=O) groups excluding carboxylic acids is 2. The predicted octanol–water partition coefficient (Wildman–Crippen LogP) is 4.31. The van der Waals surface area contributed by atoms with Gasteiger partial charge < -0.3 is 10.1 Å². The zero-order chi connectivity index (χ0) is 23.5. The summed E-state index contributed by atoms with van der Waals surface area (Å²) in [6.45, 7) is 1.26. The Hall–Kier alpha value is -2.72. The number of hydrogen-bond donors (Lipinski definition) is 2. The molecular formula is C22H18BrClN2O5S. The van der Waals surface area contributed by atoms with Crippen molar-refractivity contribution in [2.45, 2.75) is 11.8 Å². The number of benzene rings is 3. The number of nitrogens with two attached hydrogens (primary N) is 1. The quantitative estimate of drug-likeness (QED) is 0.436. The molecule has 0 heterocycles. The lowest BCUT2D eigenvalue weighted by Crippen LogP contribution is -2.21. The Morgan fingerprint density at radius 2 is 1.78 bits per heavy atom. The van der Waals surface area contributed by atoms with Crippen molar-refractivity contribution >= 4 is 54.9 Å². The Bertz CT molecular complexity index is 1310. The molecule has 0 spiro atoms. The first-order valence-electron chi connectivity index (χ1n) is 9.21. The molecule has 166 valence electrons. The average molecular weight is 538 g/mol. The molecule has 0 saturated heterocycles. The van der Waals surface area contributed by atoms with Gasteiger partial charge in [0.05, 0.1) is 10.5 Å². The predicted molar refractivity (Wildman–Crippen MR) is 126 cm³/mol. The Balaban J connectivity index is 1.76. The zero-order valence-corrected chi connectivity index (χ0v) is 19.9. The van der Waals surface area contributed by atoms with Crippen molar-refractivity contribution in [1.82, 2.24) is 0 Å². The van der Waals surface area contributed by atoms with Gasteiger partial charge in [0.2, 0.25) is 10.0 Å². The minimum absolute atomic E-state index is 0.0550. The van der Waals surface area contributed by atoms with E-state index in [-0.39, 0.29) is 28.6 Å². The third kappa shape index (κ3) is 5.74. The fraction of sp³-hybridized carbons (Fsp3) is 0.0909. The normalized spacial score (nSPS) is 11.1. The molecule has 0 fully saturated rings. The van der Waals surface area contributed by atoms with E-state index in [1.165, 1.54) is 30.3 Å². The number of amides is 1. The third-order valence-corrected chi connectivity index (χ3v) is 6.30. The lowest BCUT2D eigenvalue weighted by atomic mass is 10.0. The molecule has 1 amide bonds. The maximum absolute atomic E-state index is 13.0. The van der Waals surface area contributed by atoms with Gasteiger partial charge in [-0.2, -0.15) is 0 Å². The Morgan fingerprint density at radius 3 is 2.44 bits per heavy atom. The molecule has 7 nitrogen and oxygen atoms in total. The molecule has 0 aliphatic carbocycles. The molecule has 3 N–H and O–H groups in total. The minimum Gasteiger partial charge on any atom is -0.483 e. The molecule has 0 bridgehead atoms. The van der Waals surface area contributed by atoms with E-state index in [9.17, 15) is 18.0 Å². The van der Waals surface area contributed by atoms with E-state index in [2.05, 4.69) is 21.2 Å². The molecule has 0 radical (unpaired) electrons. The highest BCUT2D eigenvalue weighted by molar-refractivity contribution is 9.10. The molecule has 3 aromatic rings. The number of nitrogens with one attached hydrogen (secondary N) is 1. The van der Waals surface area contributed by atoms with E-state index >= 15 is 0 Å². The van der Waals surface area contributed by atoms with Gasteiger partial charge in [0.25, 0.3) is 5.91 Å². The van der Waals surface area contributed by atoms with Crippen LogP contribution in [0.2, 0.25) is 5.02 Å². The SMILES string of the molecule is Cc1cc(S(N)(=O)=O)ccc1NC(=O)COc1ccc(Cl)cc1C(=O)c1ccccc1Br. The van der Waals surface area contributed by atoms with Crippen LogP contribution >= 0.6 is 27.5 Å². The summed E-state index contributed by atoms with van der Waals surface area (Å²) in [6.07, 6.45) is 0. The first kappa shape index (κ1) is 23.9. The third-order valence-electron chi connectivity index (χ3n) is 4.46. The van der Waals surface area contributed by atoms with Crippen LogP contribution in [0.25, 0.3) is 0 Å². The number of aryl methyl sites for hydroxylation is 1. The number of carbonyl (C=O) groups is 2. The van der Waals surface area contributed by atoms with Crippen LogP contribution < -0.4 is 15.2 Å². The van der Waals surface area contributed by atoms with Gasteiger partial charge >= 0.3 is 0 Å². The minimum atomic E-state index is -3.84. The number of hydrogen-bond acceptors (Lipinski definition) is 5. The summed E-state index contributed by atoms with van der Waals surface area (Å²) in [6, 6.07) is 15.6. The second-order valence-corrected chi connectivity index (χ2v) is 9.66. The van der Waals surface area contributed by atoms with Gasteiger partial charge in [0.1, 0.15) is 5.75 Å². The topological polar surface area (TPSA) is 116 Å². The number of rotatable bonds is 7. The standard InChI is InChI=1S/C22H18BrClN2O5S/c1-13-10-15(32(25,29)30)7-8-19(13)26-21(27)12-31-20-9-6-14(24)11-17(20)22(28)16-4-2-3-5-18(16)23/h2-11H,12H2,1H3,(H,26,27)(H2,25,29,30). The van der Waals surface area contributed by atoms with Gasteiger partial charge in [0.15, 0.2) is 12.4 Å². The van der Waals surface area contributed by atoms with Crippen LogP contribution in [0.5, 0.6) is 5.75 Å². The molecule has 32 heavy (non-hydrogen) atoms. The summed E-state index contributed by atoms with van der Waals surface area (Å²) < 4.78 is 29.1. The van der Waals surface area contributed by atoms with E-state index in [4.69, 9.17) is 21.5 Å². The van der Waals surface area contributed by atoms with Crippen LogP contribution in [0.4, 0.5) is 5.69 Å². The van der Waals surface area contributed by atoms with Crippen molar-refractivity contribution in [2.75, 3.05) is 11.9 Å². The lowest BCUT2D eigenvalue weighted by Gasteiger charge is -2.13. The number of anilines is 1. The van der Waals surface area contributed by atoms with Crippen molar-refractivity contribution in [2.24, 2.45) is 5.14 Å². The summed E-state index contributed by atoms with van der Waals surface area (Å²) in [7, 11) is -3.84. The number of ketones is 1. The van der Waals surface area contributed by atoms with Gasteiger partial charge in [-0.3, -0.25) is 9.59 Å². The monoisotopic (exact) mass is 536 g/mol. The van der Waals surface area contributed by atoms with Crippen LogP contribution in [0.1, 0.15) is 21.5 Å². The van der Waals surface area contributed by atoms with Crippen LogP contribution in [0, 0.1) is 6.92 Å². The maximum atomic E-state index is 13.0. The molecule has 0 aliphatic heterocycles. The van der Waals surface area contributed by atoms with Gasteiger partial charge in [-0.25, -0.2) is 13.6 Å². The summed E-state index contributed by atoms with van der Waals surface area (Å²) in [5, 5.41) is 8.11. The van der Waals surface area contributed by atoms with E-state index in [1.807, 2.05) is 0 Å². The molecule has 0 atom stereocenters. The van der Waals surface area contributed by atoms with Crippen molar-refractivity contribution in [3.05, 3.63) is 86.8 Å².